The van der Waals surface area contributed by atoms with E-state index in [1.54, 1.807) is 17.7 Å². The van der Waals surface area contributed by atoms with Gasteiger partial charge in [-0.3, -0.25) is 4.79 Å². The van der Waals surface area contributed by atoms with Gasteiger partial charge in [-0.15, -0.1) is 11.3 Å². The predicted molar refractivity (Wildman–Crippen MR) is 99.8 cm³/mol. The molecule has 2 heterocycles. The van der Waals surface area contributed by atoms with Crippen molar-refractivity contribution >= 4 is 39.3 Å². The van der Waals surface area contributed by atoms with Gasteiger partial charge in [0.05, 0.1) is 6.61 Å². The monoisotopic (exact) mass is 364 g/mol. The zero-order valence-electron chi connectivity index (χ0n) is 14.5. The van der Waals surface area contributed by atoms with Crippen LogP contribution in [0.2, 0.25) is 0 Å². The number of ether oxygens (including phenoxy) is 1. The normalized spacial score (nSPS) is 18.4. The minimum Gasteiger partial charge on any atom is -0.465 e. The van der Waals surface area contributed by atoms with Crippen molar-refractivity contribution in [3.8, 4) is 0 Å². The Morgan fingerprint density at radius 2 is 2.29 bits per heavy atom. The molecule has 2 aromatic heterocycles. The smallest absolute Gasteiger partial charge is 0.319 e. The highest BCUT2D eigenvalue weighted by atomic mass is 32.2. The van der Waals surface area contributed by atoms with Crippen LogP contribution in [-0.4, -0.2) is 27.8 Å². The first-order chi connectivity index (χ1) is 11.6. The van der Waals surface area contributed by atoms with E-state index < -0.39 is 0 Å². The van der Waals surface area contributed by atoms with Crippen molar-refractivity contribution in [2.75, 3.05) is 6.61 Å². The second-order valence-electron chi connectivity index (χ2n) is 6.39. The summed E-state index contributed by atoms with van der Waals surface area (Å²) in [5, 5.41) is 1.91. The highest BCUT2D eigenvalue weighted by Gasteiger charge is 2.26. The number of carbonyl (C=O) groups is 1. The number of thiophene rings is 1. The molecule has 0 radical (unpaired) electrons. The number of fused-ring (bicyclic) bond motifs is 3. The van der Waals surface area contributed by atoms with Gasteiger partial charge in [0, 0.05) is 10.3 Å². The maximum atomic E-state index is 12.3. The van der Waals surface area contributed by atoms with Gasteiger partial charge in [-0.1, -0.05) is 32.5 Å². The zero-order valence-corrected chi connectivity index (χ0v) is 16.1. The summed E-state index contributed by atoms with van der Waals surface area (Å²) in [6, 6.07) is 0. The van der Waals surface area contributed by atoms with E-state index in [2.05, 4.69) is 16.9 Å². The molecule has 0 amide bonds. The molecule has 4 nitrogen and oxygen atoms in total. The molecule has 0 N–H and O–H groups in total. The molecule has 0 fully saturated rings. The van der Waals surface area contributed by atoms with Crippen molar-refractivity contribution in [2.45, 2.75) is 63.2 Å². The molecule has 3 rings (SSSR count). The fourth-order valence-electron chi connectivity index (χ4n) is 3.06. The van der Waals surface area contributed by atoms with E-state index in [0.717, 1.165) is 41.5 Å². The summed E-state index contributed by atoms with van der Waals surface area (Å²) >= 11 is 3.33. The van der Waals surface area contributed by atoms with E-state index in [-0.39, 0.29) is 11.2 Å². The highest BCUT2D eigenvalue weighted by Crippen LogP contribution is 2.41. The van der Waals surface area contributed by atoms with Crippen LogP contribution < -0.4 is 0 Å². The van der Waals surface area contributed by atoms with Crippen LogP contribution in [-0.2, 0) is 22.4 Å². The first-order valence-corrected chi connectivity index (χ1v) is 10.4. The number of hydrogen-bond donors (Lipinski definition) is 0. The summed E-state index contributed by atoms with van der Waals surface area (Å²) in [5.74, 6) is 0.607. The molecule has 0 spiro atoms. The number of aryl methyl sites for hydroxylation is 1. The Balaban J connectivity index is 1.90. The molecule has 0 aliphatic heterocycles. The lowest BCUT2D eigenvalue weighted by atomic mass is 9.89. The molecular formula is C18H24N2O2S2. The second kappa shape index (κ2) is 7.83. The SMILES string of the molecule is CCCOC(=O)[C@@H](CC)Sc1ncnc2sc3c(c12)CC[C@@H](C)C3. The largest absolute Gasteiger partial charge is 0.465 e. The second-order valence-corrected chi connectivity index (χ2v) is 8.67. The summed E-state index contributed by atoms with van der Waals surface area (Å²) < 4.78 is 5.34. The molecule has 1 aliphatic carbocycles. The van der Waals surface area contributed by atoms with Crippen LogP contribution in [0.25, 0.3) is 10.2 Å². The third kappa shape index (κ3) is 3.59. The van der Waals surface area contributed by atoms with Gasteiger partial charge in [0.2, 0.25) is 0 Å². The fraction of sp³-hybridized carbons (Fsp3) is 0.611. The molecule has 2 aromatic rings. The summed E-state index contributed by atoms with van der Waals surface area (Å²) in [6.45, 7) is 6.83. The van der Waals surface area contributed by atoms with Crippen LogP contribution in [0.4, 0.5) is 0 Å². The Morgan fingerprint density at radius 1 is 1.46 bits per heavy atom. The Kier molecular flexibility index (Phi) is 5.76. The van der Waals surface area contributed by atoms with E-state index >= 15 is 0 Å². The van der Waals surface area contributed by atoms with E-state index in [4.69, 9.17) is 4.74 Å². The van der Waals surface area contributed by atoms with Crippen molar-refractivity contribution in [3.63, 3.8) is 0 Å². The lowest BCUT2D eigenvalue weighted by Gasteiger charge is -2.18. The van der Waals surface area contributed by atoms with Crippen molar-refractivity contribution in [1.82, 2.24) is 9.97 Å². The molecule has 0 saturated heterocycles. The highest BCUT2D eigenvalue weighted by molar-refractivity contribution is 8.00. The number of thioether (sulfide) groups is 1. The van der Waals surface area contributed by atoms with Crippen molar-refractivity contribution in [3.05, 3.63) is 16.8 Å². The predicted octanol–water partition coefficient (Wildman–Crippen LogP) is 4.64. The lowest BCUT2D eigenvalue weighted by molar-refractivity contribution is -0.143. The summed E-state index contributed by atoms with van der Waals surface area (Å²) in [6.07, 6.45) is 6.65. The number of nitrogens with zero attached hydrogens (tertiary/aromatic N) is 2. The summed E-state index contributed by atoms with van der Waals surface area (Å²) in [7, 11) is 0. The Labute approximate surface area is 151 Å². The minimum atomic E-state index is -0.201. The van der Waals surface area contributed by atoms with Crippen molar-refractivity contribution < 1.29 is 9.53 Å². The maximum absolute atomic E-state index is 12.3. The summed E-state index contributed by atoms with van der Waals surface area (Å²) in [4.78, 5) is 23.8. The maximum Gasteiger partial charge on any atom is 0.319 e. The van der Waals surface area contributed by atoms with Gasteiger partial charge in [-0.05, 0) is 43.6 Å². The summed E-state index contributed by atoms with van der Waals surface area (Å²) in [5.41, 5.74) is 1.41. The van der Waals surface area contributed by atoms with E-state index in [0.29, 0.717) is 6.61 Å². The van der Waals surface area contributed by atoms with E-state index in [1.807, 2.05) is 13.8 Å². The number of aromatic nitrogens is 2. The van der Waals surface area contributed by atoms with Gasteiger partial charge in [0.25, 0.3) is 0 Å². The first kappa shape index (κ1) is 17.7. The van der Waals surface area contributed by atoms with E-state index in [1.165, 1.54) is 34.0 Å². The third-order valence-electron chi connectivity index (χ3n) is 4.39. The molecule has 0 saturated carbocycles. The number of carbonyl (C=O) groups excluding carboxylic acids is 1. The molecule has 2 atom stereocenters. The molecule has 6 heteroatoms. The molecule has 1 aliphatic rings. The van der Waals surface area contributed by atoms with Crippen LogP contribution in [0.3, 0.4) is 0 Å². The Hall–Kier alpha value is -1.14. The van der Waals surface area contributed by atoms with Gasteiger partial charge in [0.1, 0.15) is 21.4 Å². The van der Waals surface area contributed by atoms with Gasteiger partial charge >= 0.3 is 5.97 Å². The standard InChI is InChI=1S/C18H24N2O2S2/c1-4-8-22-18(21)13(5-2)23-16-15-12-7-6-11(3)9-14(12)24-17(15)20-10-19-16/h10-11,13H,4-9H2,1-3H3/t11-,13-/m1/s1. The van der Waals surface area contributed by atoms with Gasteiger partial charge < -0.3 is 4.74 Å². The average molecular weight is 365 g/mol. The van der Waals surface area contributed by atoms with E-state index in [9.17, 15) is 4.79 Å². The Bertz CT molecular complexity index is 729. The number of rotatable bonds is 6. The van der Waals surface area contributed by atoms with Gasteiger partial charge in [-0.2, -0.15) is 0 Å². The average Bonchev–Trinajstić information content (AvgIpc) is 2.95. The van der Waals surface area contributed by atoms with Crippen LogP contribution in [0.1, 0.15) is 50.5 Å². The van der Waals surface area contributed by atoms with Gasteiger partial charge in [-0.25, -0.2) is 9.97 Å². The van der Waals surface area contributed by atoms with Crippen LogP contribution >= 0.6 is 23.1 Å². The minimum absolute atomic E-state index is 0.131. The molecular weight excluding hydrogens is 340 g/mol. The van der Waals surface area contributed by atoms with Crippen LogP contribution in [0, 0.1) is 5.92 Å². The fourth-order valence-corrected chi connectivity index (χ4v) is 5.53. The third-order valence-corrected chi connectivity index (χ3v) is 6.90. The lowest BCUT2D eigenvalue weighted by Crippen LogP contribution is -2.20. The molecule has 130 valence electrons. The van der Waals surface area contributed by atoms with Crippen LogP contribution in [0.5, 0.6) is 0 Å². The quantitative estimate of drug-likeness (QED) is 0.424. The molecule has 0 aromatic carbocycles. The first-order valence-electron chi connectivity index (χ1n) is 8.72. The topological polar surface area (TPSA) is 52.1 Å². The molecule has 0 unspecified atom stereocenters. The zero-order chi connectivity index (χ0) is 17.1. The van der Waals surface area contributed by atoms with Crippen molar-refractivity contribution in [2.24, 2.45) is 5.92 Å². The number of esters is 1. The molecule has 0 bridgehead atoms. The number of hydrogen-bond acceptors (Lipinski definition) is 6. The Morgan fingerprint density at radius 3 is 3.04 bits per heavy atom. The van der Waals surface area contributed by atoms with Crippen LogP contribution in [0.15, 0.2) is 11.4 Å². The molecule has 24 heavy (non-hydrogen) atoms. The van der Waals surface area contributed by atoms with Crippen molar-refractivity contribution in [1.29, 1.82) is 0 Å². The van der Waals surface area contributed by atoms with Gasteiger partial charge in [0.15, 0.2) is 0 Å².